The first-order chi connectivity index (χ1) is 15.4. The molecule has 0 amide bonds. The van der Waals surface area contributed by atoms with Gasteiger partial charge in [0.05, 0.1) is 105 Å². The standard InChI is InChI=1S/C22H43NO8/c1-2-7-24-8-9-25-10-11-26-12-13-27-14-15-28-16-17-29-18-19-30-20-21-31-22-3-5-23-6-4-22/h2,22-23H,1,3-21H2. The molecule has 1 aliphatic heterocycles. The second kappa shape index (κ2) is 24.0. The summed E-state index contributed by atoms with van der Waals surface area (Å²) in [7, 11) is 0. The maximum atomic E-state index is 5.77. The van der Waals surface area contributed by atoms with Crippen LogP contribution in [0.4, 0.5) is 0 Å². The molecule has 1 N–H and O–H groups in total. The van der Waals surface area contributed by atoms with Crippen LogP contribution in [-0.2, 0) is 37.9 Å². The maximum Gasteiger partial charge on any atom is 0.0704 e. The summed E-state index contributed by atoms with van der Waals surface area (Å²) < 4.78 is 43.6. The highest BCUT2D eigenvalue weighted by molar-refractivity contribution is 4.67. The molecule has 0 aromatic heterocycles. The number of ether oxygens (including phenoxy) is 8. The Morgan fingerprint density at radius 1 is 0.548 bits per heavy atom. The van der Waals surface area contributed by atoms with Gasteiger partial charge in [-0.05, 0) is 25.9 Å². The molecule has 0 saturated carbocycles. The van der Waals surface area contributed by atoms with Gasteiger partial charge in [-0.3, -0.25) is 0 Å². The Morgan fingerprint density at radius 3 is 1.29 bits per heavy atom. The number of hydrogen-bond acceptors (Lipinski definition) is 9. The summed E-state index contributed by atoms with van der Waals surface area (Å²) in [5, 5.41) is 3.32. The first-order valence-corrected chi connectivity index (χ1v) is 11.4. The first-order valence-electron chi connectivity index (χ1n) is 11.4. The molecule has 1 aliphatic rings. The summed E-state index contributed by atoms with van der Waals surface area (Å²) in [6.07, 6.45) is 4.27. The Labute approximate surface area is 187 Å². The minimum atomic E-state index is 0.382. The van der Waals surface area contributed by atoms with Crippen molar-refractivity contribution in [2.45, 2.75) is 18.9 Å². The number of rotatable bonds is 24. The summed E-state index contributed by atoms with van der Waals surface area (Å²) in [4.78, 5) is 0. The van der Waals surface area contributed by atoms with Crippen molar-refractivity contribution in [3.63, 3.8) is 0 Å². The van der Waals surface area contributed by atoms with Gasteiger partial charge in [0, 0.05) is 0 Å². The van der Waals surface area contributed by atoms with Crippen molar-refractivity contribution in [1.29, 1.82) is 0 Å². The molecule has 0 radical (unpaired) electrons. The van der Waals surface area contributed by atoms with E-state index in [1.165, 1.54) is 0 Å². The van der Waals surface area contributed by atoms with Gasteiger partial charge in [0.25, 0.3) is 0 Å². The van der Waals surface area contributed by atoms with Crippen molar-refractivity contribution < 1.29 is 37.9 Å². The zero-order chi connectivity index (χ0) is 22.1. The molecule has 0 spiro atoms. The van der Waals surface area contributed by atoms with Crippen molar-refractivity contribution in [2.75, 3.05) is 112 Å². The first kappa shape index (κ1) is 28.4. The topological polar surface area (TPSA) is 85.9 Å². The maximum absolute atomic E-state index is 5.77. The molecule has 9 nitrogen and oxygen atoms in total. The predicted octanol–water partition coefficient (Wildman–Crippen LogP) is 1.06. The molecule has 0 aliphatic carbocycles. The summed E-state index contributed by atoms with van der Waals surface area (Å²) in [6.45, 7) is 14.1. The van der Waals surface area contributed by atoms with Gasteiger partial charge >= 0.3 is 0 Å². The van der Waals surface area contributed by atoms with E-state index in [0.717, 1.165) is 25.9 Å². The lowest BCUT2D eigenvalue weighted by molar-refractivity contribution is -0.0312. The fraction of sp³-hybridized carbons (Fsp3) is 0.909. The molecule has 0 aromatic carbocycles. The predicted molar refractivity (Wildman–Crippen MR) is 118 cm³/mol. The molecule has 184 valence electrons. The van der Waals surface area contributed by atoms with Gasteiger partial charge in [-0.15, -0.1) is 6.58 Å². The lowest BCUT2D eigenvalue weighted by Crippen LogP contribution is -2.33. The van der Waals surface area contributed by atoms with E-state index in [2.05, 4.69) is 11.9 Å². The highest BCUT2D eigenvalue weighted by Gasteiger charge is 2.12. The minimum Gasteiger partial charge on any atom is -0.377 e. The van der Waals surface area contributed by atoms with E-state index in [1.54, 1.807) is 6.08 Å². The SMILES string of the molecule is C=CCOCCOCCOCCOCCOCCOCCOCCOC1CCNCC1. The lowest BCUT2D eigenvalue weighted by atomic mass is 10.1. The summed E-state index contributed by atoms with van der Waals surface area (Å²) in [5.74, 6) is 0. The van der Waals surface area contributed by atoms with Crippen LogP contribution in [0.25, 0.3) is 0 Å². The van der Waals surface area contributed by atoms with Crippen LogP contribution in [-0.4, -0.2) is 118 Å². The molecule has 0 aromatic rings. The third-order valence-electron chi connectivity index (χ3n) is 4.34. The molecule has 0 bridgehead atoms. The Balaban J connectivity index is 1.63. The van der Waals surface area contributed by atoms with Crippen molar-refractivity contribution in [2.24, 2.45) is 0 Å². The van der Waals surface area contributed by atoms with Crippen LogP contribution in [0.15, 0.2) is 12.7 Å². The van der Waals surface area contributed by atoms with Crippen molar-refractivity contribution in [3.8, 4) is 0 Å². The quantitative estimate of drug-likeness (QED) is 0.172. The van der Waals surface area contributed by atoms with Crippen LogP contribution in [0.1, 0.15) is 12.8 Å². The monoisotopic (exact) mass is 449 g/mol. The van der Waals surface area contributed by atoms with Crippen molar-refractivity contribution >= 4 is 0 Å². The minimum absolute atomic E-state index is 0.382. The summed E-state index contributed by atoms with van der Waals surface area (Å²) in [6, 6.07) is 0. The van der Waals surface area contributed by atoms with E-state index >= 15 is 0 Å². The van der Waals surface area contributed by atoms with Crippen LogP contribution < -0.4 is 5.32 Å². The molecule has 1 heterocycles. The molecule has 31 heavy (non-hydrogen) atoms. The zero-order valence-corrected chi connectivity index (χ0v) is 19.1. The fourth-order valence-corrected chi connectivity index (χ4v) is 2.72. The van der Waals surface area contributed by atoms with Gasteiger partial charge in [-0.2, -0.15) is 0 Å². The summed E-state index contributed by atoms with van der Waals surface area (Å²) in [5.41, 5.74) is 0. The highest BCUT2D eigenvalue weighted by atomic mass is 16.6. The van der Waals surface area contributed by atoms with Gasteiger partial charge in [0.2, 0.25) is 0 Å². The summed E-state index contributed by atoms with van der Waals surface area (Å²) >= 11 is 0. The van der Waals surface area contributed by atoms with Gasteiger partial charge in [-0.1, -0.05) is 6.08 Å². The van der Waals surface area contributed by atoms with Crippen LogP contribution in [0, 0.1) is 0 Å². The Morgan fingerprint density at radius 2 is 0.903 bits per heavy atom. The zero-order valence-electron chi connectivity index (χ0n) is 19.1. The second-order valence-electron chi connectivity index (χ2n) is 6.86. The number of piperidine rings is 1. The van der Waals surface area contributed by atoms with Crippen molar-refractivity contribution in [1.82, 2.24) is 5.32 Å². The van der Waals surface area contributed by atoms with E-state index in [9.17, 15) is 0 Å². The van der Waals surface area contributed by atoms with Gasteiger partial charge < -0.3 is 43.2 Å². The molecular weight excluding hydrogens is 406 g/mol. The number of hydrogen-bond donors (Lipinski definition) is 1. The third kappa shape index (κ3) is 21.0. The largest absolute Gasteiger partial charge is 0.377 e. The van der Waals surface area contributed by atoms with Crippen LogP contribution in [0.5, 0.6) is 0 Å². The molecule has 0 unspecified atom stereocenters. The lowest BCUT2D eigenvalue weighted by Gasteiger charge is -2.22. The Bertz CT molecular complexity index is 369. The Kier molecular flexibility index (Phi) is 22.0. The van der Waals surface area contributed by atoms with E-state index < -0.39 is 0 Å². The molecule has 1 fully saturated rings. The number of nitrogens with one attached hydrogen (secondary N) is 1. The molecule has 9 heteroatoms. The van der Waals surface area contributed by atoms with Crippen LogP contribution >= 0.6 is 0 Å². The van der Waals surface area contributed by atoms with Gasteiger partial charge in [0.1, 0.15) is 0 Å². The van der Waals surface area contributed by atoms with Crippen molar-refractivity contribution in [3.05, 3.63) is 12.7 Å². The third-order valence-corrected chi connectivity index (χ3v) is 4.34. The average molecular weight is 450 g/mol. The Hall–Kier alpha value is -0.620. The molecule has 1 saturated heterocycles. The molecule has 1 rings (SSSR count). The van der Waals surface area contributed by atoms with Gasteiger partial charge in [0.15, 0.2) is 0 Å². The normalized spacial score (nSPS) is 14.8. The van der Waals surface area contributed by atoms with E-state index in [-0.39, 0.29) is 0 Å². The highest BCUT2D eigenvalue weighted by Crippen LogP contribution is 2.06. The average Bonchev–Trinajstić information content (AvgIpc) is 2.80. The molecule has 0 atom stereocenters. The van der Waals surface area contributed by atoms with E-state index in [0.29, 0.717) is 105 Å². The smallest absolute Gasteiger partial charge is 0.0704 e. The van der Waals surface area contributed by atoms with Crippen LogP contribution in [0.3, 0.4) is 0 Å². The van der Waals surface area contributed by atoms with Gasteiger partial charge in [-0.25, -0.2) is 0 Å². The van der Waals surface area contributed by atoms with Crippen LogP contribution in [0.2, 0.25) is 0 Å². The molecular formula is C22H43NO8. The fourth-order valence-electron chi connectivity index (χ4n) is 2.72. The van der Waals surface area contributed by atoms with E-state index in [4.69, 9.17) is 37.9 Å². The second-order valence-corrected chi connectivity index (χ2v) is 6.86. The van der Waals surface area contributed by atoms with E-state index in [1.807, 2.05) is 0 Å².